The molecule has 0 saturated carbocycles. The molecule has 1 aromatic rings. The van der Waals surface area contributed by atoms with Crippen molar-refractivity contribution in [3.8, 4) is 0 Å². The van der Waals surface area contributed by atoms with E-state index < -0.39 is 18.5 Å². The molecule has 0 radical (unpaired) electrons. The van der Waals surface area contributed by atoms with Gasteiger partial charge in [0, 0.05) is 12.1 Å². The monoisotopic (exact) mass is 334 g/mol. The molecule has 0 aliphatic rings. The lowest BCUT2D eigenvalue weighted by atomic mass is 10.1. The molecule has 0 unspecified atom stereocenters. The number of amides is 2. The van der Waals surface area contributed by atoms with E-state index in [0.717, 1.165) is 11.1 Å². The molecule has 7 heteroatoms. The molecule has 7 nitrogen and oxygen atoms in total. The highest BCUT2D eigenvalue weighted by atomic mass is 16.5. The molecule has 0 aliphatic carbocycles. The van der Waals surface area contributed by atoms with Crippen LogP contribution in [0.15, 0.2) is 18.2 Å². The molecule has 0 atom stereocenters. The van der Waals surface area contributed by atoms with E-state index in [1.807, 2.05) is 32.0 Å². The van der Waals surface area contributed by atoms with Gasteiger partial charge >= 0.3 is 5.97 Å². The largest absolute Gasteiger partial charge is 0.456 e. The van der Waals surface area contributed by atoms with Gasteiger partial charge in [0.25, 0.3) is 5.91 Å². The first-order valence-electron chi connectivity index (χ1n) is 7.57. The Morgan fingerprint density at radius 3 is 2.21 bits per heavy atom. The summed E-state index contributed by atoms with van der Waals surface area (Å²) in [7, 11) is 0. The van der Waals surface area contributed by atoms with Gasteiger partial charge in [0.2, 0.25) is 5.91 Å². The van der Waals surface area contributed by atoms with Crippen LogP contribution >= 0.6 is 0 Å². The topological polar surface area (TPSA) is 102 Å². The molecule has 0 aliphatic heterocycles. The van der Waals surface area contributed by atoms with Crippen LogP contribution in [0.25, 0.3) is 0 Å². The number of ketones is 1. The second-order valence-corrected chi connectivity index (χ2v) is 5.45. The number of hydrogen-bond acceptors (Lipinski definition) is 5. The Bertz CT molecular complexity index is 620. The molecule has 0 aromatic heterocycles. The lowest BCUT2D eigenvalue weighted by Gasteiger charge is -2.12. The van der Waals surface area contributed by atoms with Crippen LogP contribution in [0.1, 0.15) is 30.9 Å². The molecule has 24 heavy (non-hydrogen) atoms. The number of esters is 1. The molecular weight excluding hydrogens is 312 g/mol. The minimum Gasteiger partial charge on any atom is -0.456 e. The number of para-hydroxylation sites is 1. The Morgan fingerprint density at radius 2 is 1.62 bits per heavy atom. The third-order valence-corrected chi connectivity index (χ3v) is 3.24. The summed E-state index contributed by atoms with van der Waals surface area (Å²) in [6.07, 6.45) is 0.0221. The SMILES string of the molecule is CC(=O)CCC(=O)OCC(=O)NCC(=O)Nc1c(C)cccc1C. The highest BCUT2D eigenvalue weighted by Gasteiger charge is 2.11. The summed E-state index contributed by atoms with van der Waals surface area (Å²) >= 11 is 0. The maximum atomic E-state index is 11.9. The first-order valence-corrected chi connectivity index (χ1v) is 7.57. The van der Waals surface area contributed by atoms with Gasteiger partial charge in [0.1, 0.15) is 5.78 Å². The molecule has 0 fully saturated rings. The van der Waals surface area contributed by atoms with Crippen LogP contribution in [0, 0.1) is 13.8 Å². The zero-order chi connectivity index (χ0) is 18.1. The standard InChI is InChI=1S/C17H22N2O5/c1-11-5-4-6-12(2)17(11)19-14(21)9-18-15(22)10-24-16(23)8-7-13(3)20/h4-6H,7-10H2,1-3H3,(H,18,22)(H,19,21). The highest BCUT2D eigenvalue weighted by Crippen LogP contribution is 2.18. The van der Waals surface area contributed by atoms with Gasteiger partial charge in [-0.3, -0.25) is 14.4 Å². The number of Topliss-reactive ketones (excluding diaryl/α,β-unsaturated/α-hetero) is 1. The average Bonchev–Trinajstić information content (AvgIpc) is 2.52. The van der Waals surface area contributed by atoms with Crippen LogP contribution in [-0.4, -0.2) is 36.7 Å². The van der Waals surface area contributed by atoms with Gasteiger partial charge in [0.15, 0.2) is 6.61 Å². The van der Waals surface area contributed by atoms with Gasteiger partial charge in [-0.2, -0.15) is 0 Å². The van der Waals surface area contributed by atoms with Crippen LogP contribution < -0.4 is 10.6 Å². The highest BCUT2D eigenvalue weighted by molar-refractivity contribution is 5.96. The molecule has 1 aromatic carbocycles. The van der Waals surface area contributed by atoms with Crippen LogP contribution in [0.3, 0.4) is 0 Å². The Labute approximate surface area is 140 Å². The fourth-order valence-corrected chi connectivity index (χ4v) is 1.92. The molecule has 0 spiro atoms. The normalized spacial score (nSPS) is 9.96. The van der Waals surface area contributed by atoms with Crippen molar-refractivity contribution in [1.82, 2.24) is 5.32 Å². The summed E-state index contributed by atoms with van der Waals surface area (Å²) in [5.74, 6) is -1.70. The van der Waals surface area contributed by atoms with Gasteiger partial charge in [-0.1, -0.05) is 18.2 Å². The van der Waals surface area contributed by atoms with Crippen molar-refractivity contribution in [3.63, 3.8) is 0 Å². The number of carbonyl (C=O) groups is 4. The summed E-state index contributed by atoms with van der Waals surface area (Å²) < 4.78 is 4.71. The molecule has 2 N–H and O–H groups in total. The summed E-state index contributed by atoms with van der Waals surface area (Å²) in [5.41, 5.74) is 2.57. The van der Waals surface area contributed by atoms with Crippen molar-refractivity contribution in [2.24, 2.45) is 0 Å². The van der Waals surface area contributed by atoms with Gasteiger partial charge < -0.3 is 20.2 Å². The van der Waals surface area contributed by atoms with E-state index in [1.54, 1.807) is 0 Å². The first-order chi connectivity index (χ1) is 11.3. The number of rotatable bonds is 8. The maximum absolute atomic E-state index is 11.9. The van der Waals surface area contributed by atoms with E-state index in [2.05, 4.69) is 10.6 Å². The van der Waals surface area contributed by atoms with Crippen molar-refractivity contribution in [2.75, 3.05) is 18.5 Å². The Morgan fingerprint density at radius 1 is 1.00 bits per heavy atom. The molecule has 1 rings (SSSR count). The van der Waals surface area contributed by atoms with Crippen molar-refractivity contribution in [3.05, 3.63) is 29.3 Å². The van der Waals surface area contributed by atoms with Gasteiger partial charge in [0.05, 0.1) is 13.0 Å². The predicted octanol–water partition coefficient (Wildman–Crippen LogP) is 1.27. The second-order valence-electron chi connectivity index (χ2n) is 5.45. The number of ether oxygens (including phenoxy) is 1. The minimum absolute atomic E-state index is 0.0599. The Balaban J connectivity index is 2.32. The maximum Gasteiger partial charge on any atom is 0.306 e. The third kappa shape index (κ3) is 7.04. The van der Waals surface area contributed by atoms with Gasteiger partial charge in [-0.05, 0) is 31.9 Å². The Kier molecular flexibility index (Phi) is 7.61. The summed E-state index contributed by atoms with van der Waals surface area (Å²) in [5, 5.41) is 5.10. The lowest BCUT2D eigenvalue weighted by molar-refractivity contribution is -0.149. The van der Waals surface area contributed by atoms with Gasteiger partial charge in [-0.15, -0.1) is 0 Å². The van der Waals surface area contributed by atoms with Gasteiger partial charge in [-0.25, -0.2) is 0 Å². The number of benzene rings is 1. The van der Waals surface area contributed by atoms with Crippen LogP contribution in [0.5, 0.6) is 0 Å². The number of anilines is 1. The van der Waals surface area contributed by atoms with Crippen LogP contribution in [0.2, 0.25) is 0 Å². The van der Waals surface area contributed by atoms with Crippen molar-refractivity contribution in [1.29, 1.82) is 0 Å². The molecule has 0 heterocycles. The van der Waals surface area contributed by atoms with E-state index in [0.29, 0.717) is 5.69 Å². The second kappa shape index (κ2) is 9.44. The fourth-order valence-electron chi connectivity index (χ4n) is 1.92. The fraction of sp³-hybridized carbons (Fsp3) is 0.412. The summed E-state index contributed by atoms with van der Waals surface area (Å²) in [6, 6.07) is 5.64. The third-order valence-electron chi connectivity index (χ3n) is 3.24. The molecule has 2 amide bonds. The van der Waals surface area contributed by atoms with Crippen molar-refractivity contribution in [2.45, 2.75) is 33.6 Å². The molecule has 130 valence electrons. The van der Waals surface area contributed by atoms with E-state index >= 15 is 0 Å². The van der Waals surface area contributed by atoms with Crippen LogP contribution in [-0.2, 0) is 23.9 Å². The number of carbonyl (C=O) groups excluding carboxylic acids is 4. The van der Waals surface area contributed by atoms with Crippen LogP contribution in [0.4, 0.5) is 5.69 Å². The zero-order valence-electron chi connectivity index (χ0n) is 14.1. The average molecular weight is 334 g/mol. The van der Waals surface area contributed by atoms with E-state index in [4.69, 9.17) is 4.74 Å². The van der Waals surface area contributed by atoms with E-state index in [-0.39, 0.29) is 31.1 Å². The van der Waals surface area contributed by atoms with E-state index in [9.17, 15) is 19.2 Å². The molecular formula is C17H22N2O5. The number of nitrogens with one attached hydrogen (secondary N) is 2. The number of aryl methyl sites for hydroxylation is 2. The molecule has 0 bridgehead atoms. The quantitative estimate of drug-likeness (QED) is 0.697. The van der Waals surface area contributed by atoms with Crippen molar-refractivity contribution < 1.29 is 23.9 Å². The molecule has 0 saturated heterocycles. The predicted molar refractivity (Wildman–Crippen MR) is 88.4 cm³/mol. The number of hydrogen-bond donors (Lipinski definition) is 2. The van der Waals surface area contributed by atoms with Crippen molar-refractivity contribution >= 4 is 29.3 Å². The zero-order valence-corrected chi connectivity index (χ0v) is 14.1. The minimum atomic E-state index is -0.625. The first kappa shape index (κ1) is 19.3. The van der Waals surface area contributed by atoms with E-state index in [1.165, 1.54) is 6.92 Å². The summed E-state index contributed by atoms with van der Waals surface area (Å²) in [6.45, 7) is 4.42. The Hall–Kier alpha value is -2.70. The summed E-state index contributed by atoms with van der Waals surface area (Å²) in [4.78, 5) is 45.4. The smallest absolute Gasteiger partial charge is 0.306 e. The lowest BCUT2D eigenvalue weighted by Crippen LogP contribution is -2.35.